The second kappa shape index (κ2) is 13.7. The minimum atomic E-state index is -3.05. The van der Waals surface area contributed by atoms with E-state index in [9.17, 15) is 4.57 Å². The number of nitrogen functional groups attached to an aromatic ring is 1. The molecule has 0 radical (unpaired) electrons. The molecular weight excluding hydrogens is 571 g/mol. The third-order valence-corrected chi connectivity index (χ3v) is 8.76. The number of rotatable bonds is 13. The van der Waals surface area contributed by atoms with Gasteiger partial charge in [-0.2, -0.15) is 0 Å². The summed E-state index contributed by atoms with van der Waals surface area (Å²) in [6.45, 7) is 9.38. The first-order chi connectivity index (χ1) is 18.4. The van der Waals surface area contributed by atoms with Gasteiger partial charge in [-0.15, -0.1) is 0 Å². The lowest BCUT2D eigenvalue weighted by molar-refractivity contribution is 0.126. The molecule has 3 aromatic rings. The SMILES string of the molecule is CCOP(=O)(CN1CCN(CCCOc2cc3ncnc(Nc4cccc(Br)c4)c3cc2N)CC1)OCC. The molecule has 0 aliphatic carbocycles. The monoisotopic (exact) mass is 606 g/mol. The summed E-state index contributed by atoms with van der Waals surface area (Å²) in [6, 6.07) is 11.6. The highest BCUT2D eigenvalue weighted by molar-refractivity contribution is 9.10. The Hall–Kier alpha value is -2.27. The summed E-state index contributed by atoms with van der Waals surface area (Å²) >= 11 is 3.49. The molecule has 1 aromatic heterocycles. The molecule has 0 amide bonds. The van der Waals surface area contributed by atoms with E-state index in [4.69, 9.17) is 19.5 Å². The number of hydrogen-bond donors (Lipinski definition) is 2. The fourth-order valence-electron chi connectivity index (χ4n) is 4.41. The number of aromatic nitrogens is 2. The van der Waals surface area contributed by atoms with Crippen molar-refractivity contribution < 1.29 is 18.3 Å². The quantitative estimate of drug-likeness (QED) is 0.150. The highest BCUT2D eigenvalue weighted by Gasteiger charge is 2.29. The molecule has 0 unspecified atom stereocenters. The summed E-state index contributed by atoms with van der Waals surface area (Å²) < 4.78 is 30.7. The maximum atomic E-state index is 12.8. The smallest absolute Gasteiger partial charge is 0.344 e. The fourth-order valence-corrected chi connectivity index (χ4v) is 6.61. The minimum Gasteiger partial charge on any atom is -0.491 e. The van der Waals surface area contributed by atoms with Crippen LogP contribution in [-0.4, -0.2) is 78.6 Å². The van der Waals surface area contributed by atoms with E-state index in [0.717, 1.165) is 60.2 Å². The molecule has 10 nitrogen and oxygen atoms in total. The van der Waals surface area contributed by atoms with E-state index in [1.807, 2.05) is 50.2 Å². The van der Waals surface area contributed by atoms with Gasteiger partial charge in [0.25, 0.3) is 0 Å². The van der Waals surface area contributed by atoms with Crippen molar-refractivity contribution in [3.05, 3.63) is 47.2 Å². The molecule has 4 rings (SSSR count). The third kappa shape index (κ3) is 7.88. The van der Waals surface area contributed by atoms with E-state index in [0.29, 0.717) is 43.4 Å². The van der Waals surface area contributed by atoms with Crippen molar-refractivity contribution in [3.8, 4) is 5.75 Å². The van der Waals surface area contributed by atoms with Crippen LogP contribution in [0.25, 0.3) is 10.9 Å². The zero-order chi connectivity index (χ0) is 27.0. The van der Waals surface area contributed by atoms with Crippen LogP contribution in [0.4, 0.5) is 17.2 Å². The van der Waals surface area contributed by atoms with Gasteiger partial charge in [0.2, 0.25) is 0 Å². The first-order valence-corrected chi connectivity index (χ1v) is 15.4. The van der Waals surface area contributed by atoms with E-state index in [-0.39, 0.29) is 0 Å². The Morgan fingerprint density at radius 1 is 1.05 bits per heavy atom. The summed E-state index contributed by atoms with van der Waals surface area (Å²) in [6.07, 6.45) is 2.74. The largest absolute Gasteiger partial charge is 0.491 e. The summed E-state index contributed by atoms with van der Waals surface area (Å²) in [5.74, 6) is 1.31. The lowest BCUT2D eigenvalue weighted by Gasteiger charge is -2.35. The molecule has 2 heterocycles. The summed E-state index contributed by atoms with van der Waals surface area (Å²) in [5.41, 5.74) is 8.55. The fraction of sp³-hybridized carbons (Fsp3) is 0.462. The van der Waals surface area contributed by atoms with Crippen LogP contribution >= 0.6 is 23.5 Å². The molecule has 0 spiro atoms. The van der Waals surface area contributed by atoms with Gasteiger partial charge in [-0.05, 0) is 44.5 Å². The van der Waals surface area contributed by atoms with Crippen molar-refractivity contribution in [1.82, 2.24) is 19.8 Å². The van der Waals surface area contributed by atoms with Gasteiger partial charge in [0.1, 0.15) is 24.2 Å². The first kappa shape index (κ1) is 28.7. The Labute approximate surface area is 232 Å². The van der Waals surface area contributed by atoms with E-state index in [1.165, 1.54) is 6.33 Å². The van der Waals surface area contributed by atoms with Gasteiger partial charge in [-0.1, -0.05) is 22.0 Å². The van der Waals surface area contributed by atoms with Crippen molar-refractivity contribution >= 4 is 51.6 Å². The van der Waals surface area contributed by atoms with Gasteiger partial charge in [-0.3, -0.25) is 9.46 Å². The molecule has 1 saturated heterocycles. The molecule has 3 N–H and O–H groups in total. The molecule has 1 aliphatic heterocycles. The molecule has 0 bridgehead atoms. The van der Waals surface area contributed by atoms with Gasteiger partial charge >= 0.3 is 7.60 Å². The van der Waals surface area contributed by atoms with E-state index >= 15 is 0 Å². The van der Waals surface area contributed by atoms with Gasteiger partial charge in [-0.25, -0.2) is 9.97 Å². The lowest BCUT2D eigenvalue weighted by atomic mass is 10.2. The van der Waals surface area contributed by atoms with Crippen LogP contribution in [0.2, 0.25) is 0 Å². The van der Waals surface area contributed by atoms with E-state index < -0.39 is 7.60 Å². The van der Waals surface area contributed by atoms with Crippen LogP contribution in [0.5, 0.6) is 5.75 Å². The van der Waals surface area contributed by atoms with Gasteiger partial charge in [0.15, 0.2) is 0 Å². The van der Waals surface area contributed by atoms with Gasteiger partial charge in [0.05, 0.1) is 31.0 Å². The average molecular weight is 607 g/mol. The zero-order valence-corrected chi connectivity index (χ0v) is 24.4. The Bertz CT molecular complexity index is 1250. The maximum Gasteiger partial charge on any atom is 0.344 e. The first-order valence-electron chi connectivity index (χ1n) is 12.9. The molecule has 2 aromatic carbocycles. The number of nitrogens with one attached hydrogen (secondary N) is 1. The molecule has 38 heavy (non-hydrogen) atoms. The van der Waals surface area contributed by atoms with Crippen molar-refractivity contribution in [2.75, 3.05) is 69.9 Å². The van der Waals surface area contributed by atoms with Crippen LogP contribution in [0.15, 0.2) is 47.2 Å². The molecule has 0 saturated carbocycles. The number of fused-ring (bicyclic) bond motifs is 1. The highest BCUT2D eigenvalue weighted by Crippen LogP contribution is 2.48. The van der Waals surface area contributed by atoms with Crippen LogP contribution < -0.4 is 15.8 Å². The van der Waals surface area contributed by atoms with Gasteiger partial charge in [0, 0.05) is 54.3 Å². The topological polar surface area (TPSA) is 115 Å². The van der Waals surface area contributed by atoms with Crippen molar-refractivity contribution in [1.29, 1.82) is 0 Å². The van der Waals surface area contributed by atoms with Gasteiger partial charge < -0.3 is 29.7 Å². The molecular formula is C26H36BrN6O4P. The Morgan fingerprint density at radius 3 is 2.50 bits per heavy atom. The molecule has 1 fully saturated rings. The summed E-state index contributed by atoms with van der Waals surface area (Å²) in [7, 11) is -3.05. The number of benzene rings is 2. The maximum absolute atomic E-state index is 12.8. The number of ether oxygens (including phenoxy) is 1. The number of nitrogens with zero attached hydrogens (tertiary/aromatic N) is 4. The van der Waals surface area contributed by atoms with Crippen LogP contribution in [0.3, 0.4) is 0 Å². The Morgan fingerprint density at radius 2 is 1.79 bits per heavy atom. The Balaban J connectivity index is 1.26. The summed E-state index contributed by atoms with van der Waals surface area (Å²) in [5, 5.41) is 4.16. The van der Waals surface area contributed by atoms with E-state index in [1.54, 1.807) is 0 Å². The number of nitrogens with two attached hydrogens (primary N) is 1. The van der Waals surface area contributed by atoms with Crippen molar-refractivity contribution in [2.24, 2.45) is 0 Å². The Kier molecular flexibility index (Phi) is 10.3. The van der Waals surface area contributed by atoms with Crippen LogP contribution in [-0.2, 0) is 13.6 Å². The van der Waals surface area contributed by atoms with Crippen LogP contribution in [0.1, 0.15) is 20.3 Å². The predicted octanol–water partition coefficient (Wildman–Crippen LogP) is 5.33. The molecule has 206 valence electrons. The van der Waals surface area contributed by atoms with Crippen molar-refractivity contribution in [3.63, 3.8) is 0 Å². The molecule has 0 atom stereocenters. The molecule has 12 heteroatoms. The van der Waals surface area contributed by atoms with Crippen molar-refractivity contribution in [2.45, 2.75) is 20.3 Å². The predicted molar refractivity (Wildman–Crippen MR) is 155 cm³/mol. The zero-order valence-electron chi connectivity index (χ0n) is 21.9. The number of anilines is 3. The second-order valence-corrected chi connectivity index (χ2v) is 12.0. The standard InChI is InChI=1S/C26H36BrN6O4P/c1-3-36-38(34,37-4-2)19-33-12-10-32(11-13-33)9-6-14-35-25-17-24-22(16-23(25)28)26(30-18-29-24)31-21-8-5-7-20(27)15-21/h5,7-8,15-18H,3-4,6,9-14,19,28H2,1-2H3,(H,29,30,31). The van der Waals surface area contributed by atoms with E-state index in [2.05, 4.69) is 41.0 Å². The number of halogens is 1. The number of hydrogen-bond acceptors (Lipinski definition) is 10. The average Bonchev–Trinajstić information content (AvgIpc) is 2.88. The third-order valence-electron chi connectivity index (χ3n) is 6.22. The normalized spacial score (nSPS) is 15.1. The number of piperazine rings is 1. The summed E-state index contributed by atoms with van der Waals surface area (Å²) in [4.78, 5) is 13.4. The molecule has 1 aliphatic rings. The minimum absolute atomic E-state index is 0.344. The second-order valence-electron chi connectivity index (χ2n) is 9.01. The lowest BCUT2D eigenvalue weighted by Crippen LogP contribution is -2.47. The van der Waals surface area contributed by atoms with Crippen LogP contribution in [0, 0.1) is 0 Å². The highest BCUT2D eigenvalue weighted by atomic mass is 79.9.